The van der Waals surface area contributed by atoms with Crippen LogP contribution in [0.25, 0.3) is 0 Å². The minimum Gasteiger partial charge on any atom is -0.381 e. The maximum Gasteiger partial charge on any atom is 0.211 e. The molecule has 1 unspecified atom stereocenters. The van der Waals surface area contributed by atoms with E-state index in [1.54, 1.807) is 0 Å². The number of sulfonamides is 1. The molecule has 0 radical (unpaired) electrons. The van der Waals surface area contributed by atoms with Crippen LogP contribution in [-0.2, 0) is 14.8 Å². The molecule has 2 N–H and O–H groups in total. The zero-order valence-electron chi connectivity index (χ0n) is 9.87. The third-order valence-corrected chi connectivity index (χ3v) is 4.07. The van der Waals surface area contributed by atoms with Crippen LogP contribution in [0, 0.1) is 5.92 Å². The fraction of sp³-hybridized carbons (Fsp3) is 1.00. The Kier molecular flexibility index (Phi) is 6.26. The van der Waals surface area contributed by atoms with Crippen LogP contribution in [0.1, 0.15) is 19.8 Å². The SMILES string of the molecule is CCNCCCS(=O)(=O)NCC1CCOC1. The highest BCUT2D eigenvalue weighted by Gasteiger charge is 2.18. The summed E-state index contributed by atoms with van der Waals surface area (Å²) < 4.78 is 31.0. The molecule has 1 heterocycles. The van der Waals surface area contributed by atoms with Gasteiger partial charge in [0.1, 0.15) is 0 Å². The van der Waals surface area contributed by atoms with E-state index < -0.39 is 10.0 Å². The van der Waals surface area contributed by atoms with Gasteiger partial charge in [-0.2, -0.15) is 0 Å². The summed E-state index contributed by atoms with van der Waals surface area (Å²) in [5.74, 6) is 0.552. The van der Waals surface area contributed by atoms with E-state index in [0.29, 0.717) is 25.5 Å². The van der Waals surface area contributed by atoms with Gasteiger partial charge >= 0.3 is 0 Å². The highest BCUT2D eigenvalue weighted by atomic mass is 32.2. The fourth-order valence-corrected chi connectivity index (χ4v) is 2.78. The summed E-state index contributed by atoms with van der Waals surface area (Å²) in [4.78, 5) is 0. The Labute approximate surface area is 98.0 Å². The van der Waals surface area contributed by atoms with Gasteiger partial charge in [-0.3, -0.25) is 0 Å². The van der Waals surface area contributed by atoms with Crippen molar-refractivity contribution in [3.05, 3.63) is 0 Å². The number of nitrogens with one attached hydrogen (secondary N) is 2. The third kappa shape index (κ3) is 5.79. The van der Waals surface area contributed by atoms with E-state index in [9.17, 15) is 8.42 Å². The molecule has 5 nitrogen and oxygen atoms in total. The van der Waals surface area contributed by atoms with Gasteiger partial charge in [-0.25, -0.2) is 13.1 Å². The second-order valence-electron chi connectivity index (χ2n) is 4.10. The molecule has 0 bridgehead atoms. The second-order valence-corrected chi connectivity index (χ2v) is 6.03. The maximum atomic E-state index is 11.6. The molecule has 96 valence electrons. The van der Waals surface area contributed by atoms with Gasteiger partial charge in [-0.05, 0) is 31.8 Å². The molecule has 0 spiro atoms. The molecule has 16 heavy (non-hydrogen) atoms. The molecular weight excluding hydrogens is 228 g/mol. The van der Waals surface area contributed by atoms with Crippen molar-refractivity contribution in [1.29, 1.82) is 0 Å². The van der Waals surface area contributed by atoms with Crippen LogP contribution in [-0.4, -0.2) is 47.0 Å². The Morgan fingerprint density at radius 2 is 2.25 bits per heavy atom. The van der Waals surface area contributed by atoms with E-state index in [1.165, 1.54) is 0 Å². The lowest BCUT2D eigenvalue weighted by Crippen LogP contribution is -2.32. The Morgan fingerprint density at radius 1 is 1.44 bits per heavy atom. The topological polar surface area (TPSA) is 67.4 Å². The third-order valence-electron chi connectivity index (χ3n) is 2.63. The van der Waals surface area contributed by atoms with Crippen LogP contribution in [0.3, 0.4) is 0 Å². The number of hydrogen-bond donors (Lipinski definition) is 2. The smallest absolute Gasteiger partial charge is 0.211 e. The van der Waals surface area contributed by atoms with E-state index in [0.717, 1.165) is 26.1 Å². The summed E-state index contributed by atoms with van der Waals surface area (Å²) in [6, 6.07) is 0. The summed E-state index contributed by atoms with van der Waals surface area (Å²) in [6.45, 7) is 5.60. The summed E-state index contributed by atoms with van der Waals surface area (Å²) in [7, 11) is -3.10. The molecule has 0 saturated carbocycles. The Balaban J connectivity index is 2.12. The number of ether oxygens (including phenoxy) is 1. The van der Waals surface area contributed by atoms with Crippen LogP contribution in [0.2, 0.25) is 0 Å². The van der Waals surface area contributed by atoms with Crippen LogP contribution in [0.4, 0.5) is 0 Å². The van der Waals surface area contributed by atoms with Gasteiger partial charge in [0.2, 0.25) is 10.0 Å². The molecular formula is C10H22N2O3S. The van der Waals surface area contributed by atoms with Crippen molar-refractivity contribution in [2.75, 3.05) is 38.6 Å². The fourth-order valence-electron chi connectivity index (χ4n) is 1.63. The quantitative estimate of drug-likeness (QED) is 0.592. The number of hydrogen-bond acceptors (Lipinski definition) is 4. The zero-order chi connectivity index (χ0) is 11.9. The predicted molar refractivity (Wildman–Crippen MR) is 63.9 cm³/mol. The van der Waals surface area contributed by atoms with Gasteiger partial charge in [0.05, 0.1) is 12.4 Å². The molecule has 0 aromatic heterocycles. The van der Waals surface area contributed by atoms with Crippen molar-refractivity contribution in [2.24, 2.45) is 5.92 Å². The summed E-state index contributed by atoms with van der Waals surface area (Å²) in [5.41, 5.74) is 0. The van der Waals surface area contributed by atoms with E-state index in [2.05, 4.69) is 10.0 Å². The average Bonchev–Trinajstić information content (AvgIpc) is 2.75. The van der Waals surface area contributed by atoms with E-state index in [4.69, 9.17) is 4.74 Å². The summed E-state index contributed by atoms with van der Waals surface area (Å²) in [6.07, 6.45) is 1.62. The van der Waals surface area contributed by atoms with E-state index >= 15 is 0 Å². The lowest BCUT2D eigenvalue weighted by molar-refractivity contribution is 0.186. The Morgan fingerprint density at radius 3 is 2.88 bits per heavy atom. The van der Waals surface area contributed by atoms with Crippen molar-refractivity contribution in [3.8, 4) is 0 Å². The van der Waals surface area contributed by atoms with E-state index in [-0.39, 0.29) is 5.75 Å². The molecule has 1 aliphatic rings. The molecule has 1 fully saturated rings. The van der Waals surface area contributed by atoms with Crippen LogP contribution < -0.4 is 10.0 Å². The van der Waals surface area contributed by atoms with Crippen molar-refractivity contribution < 1.29 is 13.2 Å². The van der Waals surface area contributed by atoms with Gasteiger partial charge in [0, 0.05) is 13.2 Å². The molecule has 1 rings (SSSR count). The first-order valence-electron chi connectivity index (χ1n) is 5.90. The first-order chi connectivity index (χ1) is 7.64. The molecule has 0 aliphatic carbocycles. The van der Waals surface area contributed by atoms with Crippen molar-refractivity contribution in [1.82, 2.24) is 10.0 Å². The normalized spacial score (nSPS) is 21.4. The van der Waals surface area contributed by atoms with Gasteiger partial charge < -0.3 is 10.1 Å². The lowest BCUT2D eigenvalue weighted by Gasteiger charge is -2.10. The van der Waals surface area contributed by atoms with Gasteiger partial charge in [-0.15, -0.1) is 0 Å². The van der Waals surface area contributed by atoms with Gasteiger partial charge in [0.25, 0.3) is 0 Å². The first-order valence-corrected chi connectivity index (χ1v) is 7.55. The van der Waals surface area contributed by atoms with Crippen molar-refractivity contribution in [2.45, 2.75) is 19.8 Å². The van der Waals surface area contributed by atoms with Gasteiger partial charge in [-0.1, -0.05) is 6.92 Å². The molecule has 0 aromatic carbocycles. The monoisotopic (exact) mass is 250 g/mol. The second kappa shape index (κ2) is 7.21. The largest absolute Gasteiger partial charge is 0.381 e. The van der Waals surface area contributed by atoms with Crippen LogP contribution >= 0.6 is 0 Å². The molecule has 1 atom stereocenters. The predicted octanol–water partition coefficient (Wildman–Crippen LogP) is -0.0581. The average molecular weight is 250 g/mol. The van der Waals surface area contributed by atoms with Crippen molar-refractivity contribution >= 4 is 10.0 Å². The Hall–Kier alpha value is -0.170. The first kappa shape index (κ1) is 13.9. The van der Waals surface area contributed by atoms with Crippen LogP contribution in [0.5, 0.6) is 0 Å². The molecule has 6 heteroatoms. The van der Waals surface area contributed by atoms with Crippen molar-refractivity contribution in [3.63, 3.8) is 0 Å². The van der Waals surface area contributed by atoms with Gasteiger partial charge in [0.15, 0.2) is 0 Å². The highest BCUT2D eigenvalue weighted by molar-refractivity contribution is 7.89. The standard InChI is InChI=1S/C10H22N2O3S/c1-2-11-5-3-7-16(13,14)12-8-10-4-6-15-9-10/h10-12H,2-9H2,1H3. The van der Waals surface area contributed by atoms with E-state index in [1.807, 2.05) is 6.92 Å². The maximum absolute atomic E-state index is 11.6. The minimum atomic E-state index is -3.10. The number of rotatable bonds is 8. The summed E-state index contributed by atoms with van der Waals surface area (Å²) in [5, 5.41) is 3.11. The zero-order valence-corrected chi connectivity index (χ0v) is 10.7. The van der Waals surface area contributed by atoms with Crippen LogP contribution in [0.15, 0.2) is 0 Å². The Bertz CT molecular complexity index is 274. The molecule has 1 saturated heterocycles. The molecule has 0 aromatic rings. The minimum absolute atomic E-state index is 0.202. The molecule has 0 amide bonds. The highest BCUT2D eigenvalue weighted by Crippen LogP contribution is 2.10. The molecule has 1 aliphatic heterocycles. The lowest BCUT2D eigenvalue weighted by atomic mass is 10.1. The summed E-state index contributed by atoms with van der Waals surface area (Å²) >= 11 is 0.